The number of rotatable bonds is 10. The first-order valence-electron chi connectivity index (χ1n) is 13.4. The number of aliphatic hydroxyl groups is 1. The second-order valence-electron chi connectivity index (χ2n) is 10.8. The second-order valence-corrected chi connectivity index (χ2v) is 15.3. The van der Waals surface area contributed by atoms with Crippen LogP contribution in [0.5, 0.6) is 0 Å². The number of thioether (sulfide) groups is 1. The molecule has 0 radical (unpaired) electrons. The molecule has 3 N–H and O–H groups in total. The molecule has 43 heavy (non-hydrogen) atoms. The molecule has 0 aliphatic carbocycles. The molecule has 8 nitrogen and oxygen atoms in total. The lowest BCUT2D eigenvalue weighted by Crippen LogP contribution is -2.58. The number of carbonyl (C=O) groups excluding carboxylic acids is 2. The molecule has 2 amide bonds. The highest BCUT2D eigenvalue weighted by atomic mass is 35.5. The van der Waals surface area contributed by atoms with Gasteiger partial charge in [-0.05, 0) is 56.0 Å². The average Bonchev–Trinajstić information content (AvgIpc) is 3.28. The number of benzene rings is 3. The monoisotopic (exact) mass is 683 g/mol. The largest absolute Gasteiger partial charge is 0.382 e. The van der Waals surface area contributed by atoms with E-state index >= 15 is 0 Å². The normalized spacial score (nSPS) is 17.8. The lowest BCUT2D eigenvalue weighted by atomic mass is 9.97. The molecule has 3 unspecified atom stereocenters. The van der Waals surface area contributed by atoms with Crippen molar-refractivity contribution in [1.29, 1.82) is 0 Å². The van der Waals surface area contributed by atoms with E-state index in [-0.39, 0.29) is 44.7 Å². The Morgan fingerprint density at radius 1 is 1.02 bits per heavy atom. The third kappa shape index (κ3) is 7.86. The summed E-state index contributed by atoms with van der Waals surface area (Å²) in [5, 5.41) is 14.2. The maximum absolute atomic E-state index is 13.9. The summed E-state index contributed by atoms with van der Waals surface area (Å²) in [7, 11) is -4.39. The zero-order chi connectivity index (χ0) is 31.5. The molecule has 0 aromatic heterocycles. The molecule has 13 heteroatoms. The van der Waals surface area contributed by atoms with Crippen LogP contribution in [0.15, 0.2) is 71.6 Å². The average molecular weight is 685 g/mol. The van der Waals surface area contributed by atoms with Crippen molar-refractivity contribution in [3.63, 3.8) is 0 Å². The van der Waals surface area contributed by atoms with Gasteiger partial charge in [0.1, 0.15) is 17.0 Å². The van der Waals surface area contributed by atoms with Crippen LogP contribution in [0.4, 0.5) is 0 Å². The number of hydrogen-bond donors (Lipinski definition) is 3. The fourth-order valence-electron chi connectivity index (χ4n) is 4.90. The maximum Gasteiger partial charge on any atom is 0.254 e. The van der Waals surface area contributed by atoms with Crippen molar-refractivity contribution in [3.8, 4) is 0 Å². The number of amides is 2. The van der Waals surface area contributed by atoms with Gasteiger partial charge in [0.25, 0.3) is 5.91 Å². The Kier molecular flexibility index (Phi) is 10.8. The molecular formula is C30H32Cl3N3O5S2. The van der Waals surface area contributed by atoms with E-state index in [1.807, 2.05) is 45.0 Å². The van der Waals surface area contributed by atoms with Crippen LogP contribution in [-0.2, 0) is 32.6 Å². The molecule has 4 rings (SSSR count). The van der Waals surface area contributed by atoms with Crippen molar-refractivity contribution in [2.24, 2.45) is 0 Å². The summed E-state index contributed by atoms with van der Waals surface area (Å²) in [5.41, 5.74) is 2.63. The summed E-state index contributed by atoms with van der Waals surface area (Å²) in [4.78, 5) is 28.3. The fraction of sp³-hybridized carbons (Fsp3) is 0.333. The van der Waals surface area contributed by atoms with Gasteiger partial charge in [-0.3, -0.25) is 9.59 Å². The van der Waals surface area contributed by atoms with Crippen molar-refractivity contribution in [3.05, 3.63) is 98.5 Å². The van der Waals surface area contributed by atoms with Crippen LogP contribution in [0.25, 0.3) is 0 Å². The molecule has 3 aromatic rings. The van der Waals surface area contributed by atoms with Crippen LogP contribution in [0.3, 0.4) is 0 Å². The zero-order valence-corrected chi connectivity index (χ0v) is 27.6. The molecule has 230 valence electrons. The van der Waals surface area contributed by atoms with Crippen LogP contribution in [0, 0.1) is 6.92 Å². The number of aliphatic hydroxyl groups excluding tert-OH is 1. The van der Waals surface area contributed by atoms with Crippen LogP contribution < -0.4 is 10.0 Å². The summed E-state index contributed by atoms with van der Waals surface area (Å²) in [6.07, 6.45) is -1.86. The van der Waals surface area contributed by atoms with Gasteiger partial charge in [-0.1, -0.05) is 89.4 Å². The van der Waals surface area contributed by atoms with Crippen LogP contribution >= 0.6 is 46.6 Å². The predicted molar refractivity (Wildman–Crippen MR) is 172 cm³/mol. The van der Waals surface area contributed by atoms with Crippen LogP contribution in [0.2, 0.25) is 15.1 Å². The van der Waals surface area contributed by atoms with Gasteiger partial charge in [-0.15, -0.1) is 11.8 Å². The van der Waals surface area contributed by atoms with Crippen molar-refractivity contribution in [1.82, 2.24) is 14.9 Å². The lowest BCUT2D eigenvalue weighted by Gasteiger charge is -2.33. The summed E-state index contributed by atoms with van der Waals surface area (Å²) in [6.45, 7) is 5.92. The van der Waals surface area contributed by atoms with E-state index in [0.717, 1.165) is 17.2 Å². The van der Waals surface area contributed by atoms with E-state index in [1.165, 1.54) is 22.7 Å². The fourth-order valence-corrected chi connectivity index (χ4v) is 8.28. The molecule has 3 atom stereocenters. The highest BCUT2D eigenvalue weighted by molar-refractivity contribution is 8.00. The lowest BCUT2D eigenvalue weighted by molar-refractivity contribution is -0.147. The molecule has 0 bridgehead atoms. The molecule has 1 fully saturated rings. The van der Waals surface area contributed by atoms with E-state index in [2.05, 4.69) is 10.0 Å². The number of nitrogens with one attached hydrogen (secondary N) is 2. The number of halogens is 3. The summed E-state index contributed by atoms with van der Waals surface area (Å²) < 4.78 is 28.7. The van der Waals surface area contributed by atoms with Crippen molar-refractivity contribution in [2.75, 3.05) is 5.88 Å². The molecule has 1 aliphatic heterocycles. The summed E-state index contributed by atoms with van der Waals surface area (Å²) in [6, 6.07) is 16.6. The SMILES string of the molecule is Cc1ccccc1CNC(=O)C1N(C(=O)C(O)C(Cc2ccccc2)NS(=O)(=O)c2cc(Cl)c(Cl)cc2Cl)CSC1(C)C. The molecule has 3 aromatic carbocycles. The number of hydrogen-bond acceptors (Lipinski definition) is 6. The van der Waals surface area contributed by atoms with E-state index in [4.69, 9.17) is 34.8 Å². The van der Waals surface area contributed by atoms with Gasteiger partial charge in [0.05, 0.1) is 27.0 Å². The van der Waals surface area contributed by atoms with Gasteiger partial charge in [-0.25, -0.2) is 13.1 Å². The van der Waals surface area contributed by atoms with Gasteiger partial charge in [0.15, 0.2) is 0 Å². The Hall–Kier alpha value is -2.31. The van der Waals surface area contributed by atoms with Crippen molar-refractivity contribution < 1.29 is 23.1 Å². The third-order valence-corrected chi connectivity index (χ3v) is 11.3. The molecule has 1 heterocycles. The number of aryl methyl sites for hydroxylation is 1. The van der Waals surface area contributed by atoms with E-state index in [9.17, 15) is 23.1 Å². The summed E-state index contributed by atoms with van der Waals surface area (Å²) >= 11 is 19.6. The first-order valence-corrected chi connectivity index (χ1v) is 17.0. The Labute approximate surface area is 271 Å². The molecular weight excluding hydrogens is 653 g/mol. The number of sulfonamides is 1. The van der Waals surface area contributed by atoms with Gasteiger partial charge >= 0.3 is 0 Å². The number of nitrogens with zero attached hydrogens (tertiary/aromatic N) is 1. The van der Waals surface area contributed by atoms with Crippen molar-refractivity contribution in [2.45, 2.75) is 61.6 Å². The molecule has 1 aliphatic rings. The molecule has 1 saturated heterocycles. The van der Waals surface area contributed by atoms with Crippen LogP contribution in [-0.4, -0.2) is 59.1 Å². The smallest absolute Gasteiger partial charge is 0.254 e. The quantitative estimate of drug-likeness (QED) is 0.253. The predicted octanol–water partition coefficient (Wildman–Crippen LogP) is 5.20. The first kappa shape index (κ1) is 33.6. The highest BCUT2D eigenvalue weighted by Gasteiger charge is 2.50. The molecule has 0 spiro atoms. The van der Waals surface area contributed by atoms with Crippen LogP contribution in [0.1, 0.15) is 30.5 Å². The zero-order valence-electron chi connectivity index (χ0n) is 23.7. The summed E-state index contributed by atoms with van der Waals surface area (Å²) in [5.74, 6) is -1.02. The van der Waals surface area contributed by atoms with E-state index in [0.29, 0.717) is 5.56 Å². The maximum atomic E-state index is 13.9. The number of carbonyl (C=O) groups is 2. The minimum absolute atomic E-state index is 0.0273. The second kappa shape index (κ2) is 13.8. The third-order valence-electron chi connectivity index (χ3n) is 7.30. The minimum Gasteiger partial charge on any atom is -0.382 e. The Balaban J connectivity index is 1.61. The van der Waals surface area contributed by atoms with Gasteiger partial charge in [0.2, 0.25) is 15.9 Å². The molecule has 0 saturated carbocycles. The van der Waals surface area contributed by atoms with E-state index in [1.54, 1.807) is 30.3 Å². The van der Waals surface area contributed by atoms with Gasteiger partial charge in [-0.2, -0.15) is 0 Å². The van der Waals surface area contributed by atoms with E-state index < -0.39 is 38.9 Å². The highest BCUT2D eigenvalue weighted by Crippen LogP contribution is 2.40. The van der Waals surface area contributed by atoms with Crippen molar-refractivity contribution >= 4 is 68.4 Å². The Morgan fingerprint density at radius 2 is 1.65 bits per heavy atom. The Morgan fingerprint density at radius 3 is 2.33 bits per heavy atom. The standard InChI is InChI=1S/C30H32Cl3N3O5S2/c1-18-9-7-8-12-20(18)16-34-28(38)27-30(2,3)42-17-36(27)29(39)26(37)24(13-19-10-5-4-6-11-19)35-43(40,41)25-15-22(32)21(31)14-23(25)33/h4-12,14-15,24,26-27,35,37H,13,16-17H2,1-3H3,(H,34,38). The topological polar surface area (TPSA) is 116 Å². The van der Waals surface area contributed by atoms with Gasteiger partial charge < -0.3 is 15.3 Å². The Bertz CT molecular complexity index is 1610. The first-order chi connectivity index (χ1) is 20.2. The van der Waals surface area contributed by atoms with Gasteiger partial charge in [0, 0.05) is 11.3 Å². The minimum atomic E-state index is -4.39.